The number of hydrogen-bond donors (Lipinski definition) is 1. The summed E-state index contributed by atoms with van der Waals surface area (Å²) in [5, 5.41) is 2.95. The van der Waals surface area contributed by atoms with Gasteiger partial charge in [0.25, 0.3) is 0 Å². The first kappa shape index (κ1) is 4.88. The van der Waals surface area contributed by atoms with Crippen LogP contribution in [0.5, 0.6) is 0 Å². The van der Waals surface area contributed by atoms with E-state index < -0.39 is 6.37 Å². The highest BCUT2D eigenvalue weighted by atomic mass is 19.1. The molecule has 0 aromatic heterocycles. The SMILES string of the molecule is [2H]C1([2H])CNCc2ccc(F)cc21. The monoisotopic (exact) mass is 153 g/mol. The molecule has 1 aliphatic heterocycles. The number of hydrogen-bond acceptors (Lipinski definition) is 1. The van der Waals surface area contributed by atoms with Crippen molar-refractivity contribution in [2.75, 3.05) is 6.54 Å². The molecule has 58 valence electrons. The van der Waals surface area contributed by atoms with E-state index >= 15 is 0 Å². The van der Waals surface area contributed by atoms with Crippen molar-refractivity contribution in [1.29, 1.82) is 0 Å². The van der Waals surface area contributed by atoms with Gasteiger partial charge in [-0.05, 0) is 36.2 Å². The van der Waals surface area contributed by atoms with E-state index in [0.29, 0.717) is 12.1 Å². The fourth-order valence-electron chi connectivity index (χ4n) is 1.22. The molecule has 0 fully saturated rings. The van der Waals surface area contributed by atoms with Crippen molar-refractivity contribution in [2.24, 2.45) is 0 Å². The Kier molecular flexibility index (Phi) is 1.16. The smallest absolute Gasteiger partial charge is 0.123 e. The van der Waals surface area contributed by atoms with Gasteiger partial charge in [-0.3, -0.25) is 0 Å². The summed E-state index contributed by atoms with van der Waals surface area (Å²) in [5.74, 6) is -0.371. The molecule has 0 spiro atoms. The van der Waals surface area contributed by atoms with Crippen LogP contribution >= 0.6 is 0 Å². The lowest BCUT2D eigenvalue weighted by molar-refractivity contribution is 0.606. The molecule has 0 amide bonds. The number of fused-ring (bicyclic) bond motifs is 1. The van der Waals surface area contributed by atoms with Gasteiger partial charge in [0.1, 0.15) is 5.82 Å². The summed E-state index contributed by atoms with van der Waals surface area (Å²) >= 11 is 0. The van der Waals surface area contributed by atoms with E-state index in [1.807, 2.05) is 0 Å². The number of halogens is 1. The Labute approximate surface area is 68.0 Å². The van der Waals surface area contributed by atoms with Gasteiger partial charge in [-0.1, -0.05) is 6.07 Å². The van der Waals surface area contributed by atoms with Gasteiger partial charge in [0, 0.05) is 9.29 Å². The van der Waals surface area contributed by atoms with Crippen LogP contribution in [0.15, 0.2) is 18.2 Å². The lowest BCUT2D eigenvalue weighted by Gasteiger charge is -2.16. The zero-order valence-electron chi connectivity index (χ0n) is 8.02. The van der Waals surface area contributed by atoms with E-state index in [2.05, 4.69) is 5.32 Å². The summed E-state index contributed by atoms with van der Waals surface area (Å²) < 4.78 is 28.1. The summed E-state index contributed by atoms with van der Waals surface area (Å²) in [4.78, 5) is 0. The minimum atomic E-state index is -1.45. The van der Waals surface area contributed by atoms with Crippen molar-refractivity contribution in [1.82, 2.24) is 5.32 Å². The molecule has 0 aliphatic carbocycles. The molecule has 1 aliphatic rings. The standard InChI is InChI=1S/C9H10FN/c10-9-2-1-8-6-11-4-3-7(8)5-9/h1-2,5,11H,3-4,6H2/i3D2. The molecule has 0 atom stereocenters. The van der Waals surface area contributed by atoms with Gasteiger partial charge in [-0.2, -0.15) is 0 Å². The van der Waals surface area contributed by atoms with E-state index in [0.717, 1.165) is 5.56 Å². The highest BCUT2D eigenvalue weighted by Crippen LogP contribution is 2.14. The first-order valence-electron chi connectivity index (χ1n) is 4.59. The summed E-state index contributed by atoms with van der Waals surface area (Å²) in [5.41, 5.74) is 1.32. The minimum absolute atomic E-state index is 0.253. The van der Waals surface area contributed by atoms with Crippen LogP contribution < -0.4 is 5.32 Å². The fourth-order valence-corrected chi connectivity index (χ4v) is 1.22. The van der Waals surface area contributed by atoms with Crippen LogP contribution in [-0.4, -0.2) is 6.54 Å². The average Bonchev–Trinajstić information content (AvgIpc) is 2.06. The maximum Gasteiger partial charge on any atom is 0.123 e. The normalized spacial score (nSPS) is 23.4. The molecule has 0 radical (unpaired) electrons. The van der Waals surface area contributed by atoms with Crippen LogP contribution in [0.25, 0.3) is 0 Å². The number of nitrogens with one attached hydrogen (secondary N) is 1. The second-order valence-corrected chi connectivity index (χ2v) is 2.58. The third-order valence-electron chi connectivity index (χ3n) is 1.79. The maximum absolute atomic E-state index is 12.9. The lowest BCUT2D eigenvalue weighted by atomic mass is 10.0. The van der Waals surface area contributed by atoms with Gasteiger partial charge < -0.3 is 5.32 Å². The Bertz CT molecular complexity index is 338. The molecule has 1 nitrogen and oxygen atoms in total. The molecule has 2 rings (SSSR count). The van der Waals surface area contributed by atoms with Gasteiger partial charge in [0.05, 0.1) is 0 Å². The molecule has 11 heavy (non-hydrogen) atoms. The quantitative estimate of drug-likeness (QED) is 0.595. The molecule has 1 heterocycles. The highest BCUT2D eigenvalue weighted by molar-refractivity contribution is 5.29. The van der Waals surface area contributed by atoms with Crippen LogP contribution in [0.4, 0.5) is 4.39 Å². The third-order valence-corrected chi connectivity index (χ3v) is 1.79. The van der Waals surface area contributed by atoms with Crippen LogP contribution in [0.2, 0.25) is 0 Å². The van der Waals surface area contributed by atoms with Crippen molar-refractivity contribution in [3.8, 4) is 0 Å². The Balaban J connectivity index is 2.55. The molecular formula is C9H10FN. The molecule has 0 bridgehead atoms. The van der Waals surface area contributed by atoms with E-state index in [1.165, 1.54) is 12.1 Å². The first-order chi connectivity index (χ1) is 6.09. The molecule has 0 unspecified atom stereocenters. The minimum Gasteiger partial charge on any atom is -0.312 e. The molecule has 1 aromatic rings. The summed E-state index contributed by atoms with van der Waals surface area (Å²) in [7, 11) is 0. The van der Waals surface area contributed by atoms with Crippen molar-refractivity contribution in [2.45, 2.75) is 12.9 Å². The van der Waals surface area contributed by atoms with Crippen LogP contribution in [0.1, 0.15) is 13.9 Å². The zero-order valence-corrected chi connectivity index (χ0v) is 6.02. The van der Waals surface area contributed by atoms with Gasteiger partial charge in [-0.15, -0.1) is 0 Å². The molecular weight excluding hydrogens is 141 g/mol. The van der Waals surface area contributed by atoms with E-state index in [1.54, 1.807) is 6.07 Å². The van der Waals surface area contributed by atoms with E-state index in [-0.39, 0.29) is 12.4 Å². The second-order valence-electron chi connectivity index (χ2n) is 2.58. The van der Waals surface area contributed by atoms with Crippen molar-refractivity contribution < 1.29 is 7.13 Å². The highest BCUT2D eigenvalue weighted by Gasteiger charge is 2.07. The number of rotatable bonds is 0. The Morgan fingerprint density at radius 2 is 2.36 bits per heavy atom. The maximum atomic E-state index is 12.9. The Morgan fingerprint density at radius 1 is 1.45 bits per heavy atom. The van der Waals surface area contributed by atoms with E-state index in [9.17, 15) is 4.39 Å². The first-order valence-corrected chi connectivity index (χ1v) is 3.59. The predicted octanol–water partition coefficient (Wildman–Crippen LogP) is 1.47. The number of benzene rings is 1. The van der Waals surface area contributed by atoms with Gasteiger partial charge in [0.2, 0.25) is 0 Å². The lowest BCUT2D eigenvalue weighted by Crippen LogP contribution is -2.23. The van der Waals surface area contributed by atoms with Crippen LogP contribution in [0.3, 0.4) is 0 Å². The van der Waals surface area contributed by atoms with Crippen LogP contribution in [-0.2, 0) is 12.9 Å². The Hall–Kier alpha value is -0.890. The molecule has 0 saturated carbocycles. The largest absolute Gasteiger partial charge is 0.312 e. The summed E-state index contributed by atoms with van der Waals surface area (Å²) in [6.07, 6.45) is -1.45. The van der Waals surface area contributed by atoms with Gasteiger partial charge in [-0.25, -0.2) is 4.39 Å². The summed E-state index contributed by atoms with van der Waals surface area (Å²) in [6, 6.07) is 4.28. The Morgan fingerprint density at radius 3 is 3.27 bits per heavy atom. The van der Waals surface area contributed by atoms with Crippen molar-refractivity contribution >= 4 is 0 Å². The van der Waals surface area contributed by atoms with E-state index in [4.69, 9.17) is 2.74 Å². The fraction of sp³-hybridized carbons (Fsp3) is 0.333. The molecule has 1 N–H and O–H groups in total. The zero-order chi connectivity index (χ0) is 9.47. The molecule has 1 aromatic carbocycles. The average molecular weight is 153 g/mol. The van der Waals surface area contributed by atoms with Crippen LogP contribution in [0, 0.1) is 5.82 Å². The van der Waals surface area contributed by atoms with Crippen molar-refractivity contribution in [3.05, 3.63) is 35.1 Å². The topological polar surface area (TPSA) is 12.0 Å². The third kappa shape index (κ3) is 1.26. The second kappa shape index (κ2) is 2.62. The van der Waals surface area contributed by atoms with Gasteiger partial charge in [0.15, 0.2) is 0 Å². The molecule has 2 heteroatoms. The van der Waals surface area contributed by atoms with Crippen molar-refractivity contribution in [3.63, 3.8) is 0 Å². The van der Waals surface area contributed by atoms with Gasteiger partial charge >= 0.3 is 0 Å². The molecule has 0 saturated heterocycles. The predicted molar refractivity (Wildman–Crippen MR) is 41.8 cm³/mol. The summed E-state index contributed by atoms with van der Waals surface area (Å²) in [6.45, 7) is 0.874.